The molecule has 0 radical (unpaired) electrons. The minimum absolute atomic E-state index is 0.162. The Morgan fingerprint density at radius 1 is 1.03 bits per heavy atom. The van der Waals surface area contributed by atoms with Gasteiger partial charge in [0.1, 0.15) is 11.6 Å². The first kappa shape index (κ1) is 18.3. The normalized spacial score (nSPS) is 12.8. The number of aryl methyl sites for hydroxylation is 2. The molecule has 3 heterocycles. The first-order chi connectivity index (χ1) is 14.6. The van der Waals surface area contributed by atoms with Crippen molar-refractivity contribution in [1.29, 1.82) is 0 Å². The molecule has 0 bridgehead atoms. The van der Waals surface area contributed by atoms with Gasteiger partial charge in [0.15, 0.2) is 0 Å². The molecule has 0 aliphatic carbocycles. The van der Waals surface area contributed by atoms with Crippen LogP contribution < -0.4 is 10.2 Å². The Hall–Kier alpha value is -3.73. The minimum atomic E-state index is -0.162. The van der Waals surface area contributed by atoms with E-state index in [1.807, 2.05) is 43.3 Å². The molecule has 2 aromatic heterocycles. The molecule has 1 aliphatic heterocycles. The van der Waals surface area contributed by atoms with Gasteiger partial charge in [-0.3, -0.25) is 4.79 Å². The zero-order valence-corrected chi connectivity index (χ0v) is 17.0. The Labute approximate surface area is 175 Å². The molecule has 5 heteroatoms. The molecule has 30 heavy (non-hydrogen) atoms. The van der Waals surface area contributed by atoms with Gasteiger partial charge in [-0.15, -0.1) is 0 Å². The van der Waals surface area contributed by atoms with E-state index < -0.39 is 0 Å². The molecule has 0 unspecified atom stereocenters. The predicted molar refractivity (Wildman–Crippen MR) is 121 cm³/mol. The molecule has 4 aromatic rings. The lowest BCUT2D eigenvalue weighted by atomic mass is 10.1. The highest BCUT2D eigenvalue weighted by Gasteiger charge is 2.23. The number of hydrogen-bond donors (Lipinski definition) is 1. The zero-order chi connectivity index (χ0) is 20.7. The second-order valence-electron chi connectivity index (χ2n) is 7.74. The van der Waals surface area contributed by atoms with E-state index in [0.29, 0.717) is 11.4 Å². The number of aromatic nitrogens is 2. The number of pyridine rings is 2. The van der Waals surface area contributed by atoms with Crippen LogP contribution in [0.15, 0.2) is 66.9 Å². The summed E-state index contributed by atoms with van der Waals surface area (Å²) >= 11 is 0. The molecule has 1 aliphatic rings. The van der Waals surface area contributed by atoms with Crippen molar-refractivity contribution in [3.05, 3.63) is 89.1 Å². The molecule has 1 amide bonds. The third-order valence-corrected chi connectivity index (χ3v) is 5.57. The molecular formula is C25H22N4O. The van der Waals surface area contributed by atoms with Gasteiger partial charge in [-0.1, -0.05) is 18.2 Å². The van der Waals surface area contributed by atoms with E-state index in [1.165, 1.54) is 16.5 Å². The Balaban J connectivity index is 1.40. The minimum Gasteiger partial charge on any atom is -0.326 e. The van der Waals surface area contributed by atoms with Gasteiger partial charge in [0, 0.05) is 29.4 Å². The first-order valence-corrected chi connectivity index (χ1v) is 10.1. The van der Waals surface area contributed by atoms with Crippen molar-refractivity contribution in [2.24, 2.45) is 0 Å². The summed E-state index contributed by atoms with van der Waals surface area (Å²) in [6, 6.07) is 20.1. The molecule has 0 spiro atoms. The van der Waals surface area contributed by atoms with Gasteiger partial charge in [0.2, 0.25) is 0 Å². The third kappa shape index (κ3) is 3.28. The molecule has 0 saturated carbocycles. The van der Waals surface area contributed by atoms with Crippen LogP contribution in [0.3, 0.4) is 0 Å². The number of rotatable bonds is 3. The molecule has 5 rings (SSSR count). The SMILES string of the molecule is Cc1ccc2cc3c(nc2c1)N(c1ccc(C(=O)Nc2ncccc2C)cc1)CC3. The lowest BCUT2D eigenvalue weighted by molar-refractivity contribution is 0.102. The number of nitrogens with zero attached hydrogens (tertiary/aromatic N) is 3. The van der Waals surface area contributed by atoms with Crippen LogP contribution in [0.25, 0.3) is 10.9 Å². The van der Waals surface area contributed by atoms with E-state index in [2.05, 4.69) is 46.4 Å². The second-order valence-corrected chi connectivity index (χ2v) is 7.74. The van der Waals surface area contributed by atoms with Gasteiger partial charge < -0.3 is 10.2 Å². The highest BCUT2D eigenvalue weighted by atomic mass is 16.1. The molecule has 5 nitrogen and oxygen atoms in total. The highest BCUT2D eigenvalue weighted by Crippen LogP contribution is 2.35. The van der Waals surface area contributed by atoms with E-state index in [4.69, 9.17) is 4.98 Å². The summed E-state index contributed by atoms with van der Waals surface area (Å²) < 4.78 is 0. The monoisotopic (exact) mass is 394 g/mol. The Morgan fingerprint density at radius 3 is 2.67 bits per heavy atom. The molecule has 0 atom stereocenters. The van der Waals surface area contributed by atoms with E-state index in [1.54, 1.807) is 6.20 Å². The van der Waals surface area contributed by atoms with Crippen molar-refractivity contribution in [3.63, 3.8) is 0 Å². The van der Waals surface area contributed by atoms with E-state index in [-0.39, 0.29) is 5.91 Å². The van der Waals surface area contributed by atoms with Crippen molar-refractivity contribution in [2.75, 3.05) is 16.8 Å². The second kappa shape index (κ2) is 7.26. The van der Waals surface area contributed by atoms with Crippen LogP contribution in [-0.2, 0) is 6.42 Å². The smallest absolute Gasteiger partial charge is 0.256 e. The Kier molecular flexibility index (Phi) is 4.43. The number of carbonyl (C=O) groups is 1. The average Bonchev–Trinajstić information content (AvgIpc) is 3.16. The summed E-state index contributed by atoms with van der Waals surface area (Å²) in [6.07, 6.45) is 2.64. The molecule has 0 saturated heterocycles. The van der Waals surface area contributed by atoms with Gasteiger partial charge in [-0.05, 0) is 79.4 Å². The van der Waals surface area contributed by atoms with Crippen LogP contribution in [0.1, 0.15) is 27.0 Å². The van der Waals surface area contributed by atoms with Crippen LogP contribution in [0.5, 0.6) is 0 Å². The fourth-order valence-corrected chi connectivity index (χ4v) is 3.91. The van der Waals surface area contributed by atoms with E-state index in [0.717, 1.165) is 35.6 Å². The summed E-state index contributed by atoms with van der Waals surface area (Å²) in [5.41, 5.74) is 6.06. The molecule has 2 aromatic carbocycles. The summed E-state index contributed by atoms with van der Waals surface area (Å²) in [5.74, 6) is 1.44. The van der Waals surface area contributed by atoms with E-state index in [9.17, 15) is 4.79 Å². The van der Waals surface area contributed by atoms with Crippen molar-refractivity contribution in [2.45, 2.75) is 20.3 Å². The largest absolute Gasteiger partial charge is 0.326 e. The first-order valence-electron chi connectivity index (χ1n) is 10.1. The van der Waals surface area contributed by atoms with Crippen LogP contribution in [-0.4, -0.2) is 22.4 Å². The number of carbonyl (C=O) groups excluding carboxylic acids is 1. The average molecular weight is 394 g/mol. The number of amides is 1. The van der Waals surface area contributed by atoms with Crippen LogP contribution in [0.4, 0.5) is 17.3 Å². The molecule has 1 N–H and O–H groups in total. The zero-order valence-electron chi connectivity index (χ0n) is 17.0. The van der Waals surface area contributed by atoms with Gasteiger partial charge in [0.25, 0.3) is 5.91 Å². The van der Waals surface area contributed by atoms with Crippen molar-refractivity contribution < 1.29 is 4.79 Å². The van der Waals surface area contributed by atoms with Gasteiger partial charge >= 0.3 is 0 Å². The summed E-state index contributed by atoms with van der Waals surface area (Å²) in [7, 11) is 0. The van der Waals surface area contributed by atoms with Crippen molar-refractivity contribution >= 4 is 34.1 Å². The fraction of sp³-hybridized carbons (Fsp3) is 0.160. The van der Waals surface area contributed by atoms with Gasteiger partial charge in [-0.25, -0.2) is 9.97 Å². The molecule has 148 valence electrons. The fourth-order valence-electron chi connectivity index (χ4n) is 3.91. The number of nitrogens with one attached hydrogen (secondary N) is 1. The Bertz CT molecular complexity index is 1260. The third-order valence-electron chi connectivity index (χ3n) is 5.57. The van der Waals surface area contributed by atoms with Crippen molar-refractivity contribution in [1.82, 2.24) is 9.97 Å². The topological polar surface area (TPSA) is 58.1 Å². The molecular weight excluding hydrogens is 372 g/mol. The number of fused-ring (bicyclic) bond motifs is 2. The highest BCUT2D eigenvalue weighted by molar-refractivity contribution is 6.04. The summed E-state index contributed by atoms with van der Waals surface area (Å²) in [5, 5.41) is 4.06. The lowest BCUT2D eigenvalue weighted by Crippen LogP contribution is -2.16. The van der Waals surface area contributed by atoms with Crippen LogP contribution in [0, 0.1) is 13.8 Å². The van der Waals surface area contributed by atoms with Crippen LogP contribution in [0.2, 0.25) is 0 Å². The van der Waals surface area contributed by atoms with Crippen molar-refractivity contribution in [3.8, 4) is 0 Å². The van der Waals surface area contributed by atoms with Gasteiger partial charge in [0.05, 0.1) is 5.52 Å². The maximum absolute atomic E-state index is 12.6. The number of hydrogen-bond acceptors (Lipinski definition) is 4. The number of benzene rings is 2. The standard InChI is InChI=1S/C25H22N4O/c1-16-5-6-19-15-20-11-13-29(24(20)27-22(19)14-16)21-9-7-18(8-10-21)25(30)28-23-17(2)4-3-12-26-23/h3-10,12,14-15H,11,13H2,1-2H3,(H,26,28,30). The van der Waals surface area contributed by atoms with Gasteiger partial charge in [-0.2, -0.15) is 0 Å². The summed E-state index contributed by atoms with van der Waals surface area (Å²) in [6.45, 7) is 4.90. The van der Waals surface area contributed by atoms with E-state index >= 15 is 0 Å². The lowest BCUT2D eigenvalue weighted by Gasteiger charge is -2.19. The maximum atomic E-state index is 12.6. The summed E-state index contributed by atoms with van der Waals surface area (Å²) in [4.78, 5) is 24.0. The number of anilines is 3. The van der Waals surface area contributed by atoms with Crippen LogP contribution >= 0.6 is 0 Å². The maximum Gasteiger partial charge on any atom is 0.256 e. The Morgan fingerprint density at radius 2 is 1.87 bits per heavy atom. The molecule has 0 fully saturated rings. The predicted octanol–water partition coefficient (Wildman–Crippen LogP) is 5.19. The quantitative estimate of drug-likeness (QED) is 0.519.